The molecule has 2 N–H and O–H groups in total. The fourth-order valence-corrected chi connectivity index (χ4v) is 16.8. The van der Waals surface area contributed by atoms with Gasteiger partial charge in [0.05, 0.1) is 6.61 Å². The molecule has 0 unspecified atom stereocenters. The molecule has 2 aliphatic rings. The predicted molar refractivity (Wildman–Crippen MR) is 134 cm³/mol. The van der Waals surface area contributed by atoms with Crippen LogP contribution in [0.1, 0.15) is 62.3 Å². The van der Waals surface area contributed by atoms with Crippen molar-refractivity contribution in [2.45, 2.75) is 108 Å². The number of hydrogen-bond donors (Lipinski definition) is 2. The van der Waals surface area contributed by atoms with E-state index in [0.717, 1.165) is 16.8 Å². The predicted octanol–water partition coefficient (Wildman–Crippen LogP) is 2.82. The number of hydrogen-bond acceptors (Lipinski definition) is 8. The van der Waals surface area contributed by atoms with Crippen LogP contribution in [0.4, 0.5) is 0 Å². The van der Waals surface area contributed by atoms with Gasteiger partial charge in [-0.25, -0.2) is 4.79 Å². The molecule has 3 rings (SSSR count). The van der Waals surface area contributed by atoms with Crippen molar-refractivity contribution in [2.75, 3.05) is 6.61 Å². The van der Waals surface area contributed by atoms with Gasteiger partial charge in [-0.2, -0.15) is 5.26 Å². The molecule has 0 spiro atoms. The first kappa shape index (κ1) is 28.0. The monoisotopic (exact) mass is 525 g/mol. The topological polar surface area (TPSA) is 136 Å². The fraction of sp³-hybridized carbons (Fsp3) is 0.783. The maximum absolute atomic E-state index is 12.7. The molecule has 1 aromatic heterocycles. The second-order valence-corrected chi connectivity index (χ2v) is 19.9. The highest BCUT2D eigenvalue weighted by atomic mass is 28.5. The highest BCUT2D eigenvalue weighted by Crippen LogP contribution is 2.52. The summed E-state index contributed by atoms with van der Waals surface area (Å²) in [6.07, 6.45) is -0.698. The summed E-state index contributed by atoms with van der Waals surface area (Å²) in [5.74, 6) is 0. The molecule has 3 heterocycles. The summed E-state index contributed by atoms with van der Waals surface area (Å²) in [6.45, 7) is 18.0. The summed E-state index contributed by atoms with van der Waals surface area (Å²) in [6, 6.07) is 3.12. The molecule has 4 atom stereocenters. The molecular formula is C23H39N3O7Si2. The van der Waals surface area contributed by atoms with Crippen LogP contribution in [0.2, 0.25) is 22.2 Å². The zero-order chi connectivity index (χ0) is 26.6. The Hall–Kier alpha value is -1.60. The lowest BCUT2D eigenvalue weighted by molar-refractivity contribution is -0.150. The molecule has 35 heavy (non-hydrogen) atoms. The van der Waals surface area contributed by atoms with E-state index >= 15 is 0 Å². The molecule has 0 aromatic carbocycles. The number of H-pyrrole nitrogens is 1. The van der Waals surface area contributed by atoms with E-state index in [1.165, 1.54) is 6.92 Å². The number of nitriles is 1. The minimum absolute atomic E-state index is 0.00193. The third-order valence-electron chi connectivity index (χ3n) is 7.54. The second-order valence-electron chi connectivity index (χ2n) is 11.1. The van der Waals surface area contributed by atoms with Crippen LogP contribution in [-0.2, 0) is 23.4 Å². The number of nitrogens with one attached hydrogen (secondary N) is 1. The summed E-state index contributed by atoms with van der Waals surface area (Å²) in [5.41, 5.74) is -5.39. The molecule has 0 saturated carbocycles. The first-order valence-corrected chi connectivity index (χ1v) is 16.2. The average molecular weight is 526 g/mol. The van der Waals surface area contributed by atoms with E-state index in [9.17, 15) is 20.0 Å². The van der Waals surface area contributed by atoms with Crippen LogP contribution in [-0.4, -0.2) is 56.2 Å². The molecular weight excluding hydrogens is 486 g/mol. The molecule has 1 aromatic rings. The summed E-state index contributed by atoms with van der Waals surface area (Å²) in [4.78, 5) is 26.6. The average Bonchev–Trinajstić information content (AvgIpc) is 2.93. The maximum Gasteiger partial charge on any atom is 0.335 e. The van der Waals surface area contributed by atoms with E-state index in [-0.39, 0.29) is 28.8 Å². The van der Waals surface area contributed by atoms with Crippen LogP contribution in [0.15, 0.2) is 21.9 Å². The van der Waals surface area contributed by atoms with E-state index in [1.54, 1.807) is 0 Å². The highest BCUT2D eigenvalue weighted by molar-refractivity contribution is 6.84. The SMILES string of the molecule is CC(C)[Si]1(C(C)C)OC[C@H]2O[C@@](C#N)(n3ccc(=O)[nH]c3=O)[C@](C)(O)[C@@H]2O[Si](C(C)C)(C(C)C)O1. The van der Waals surface area contributed by atoms with E-state index in [2.05, 4.69) is 60.4 Å². The third kappa shape index (κ3) is 4.11. The van der Waals surface area contributed by atoms with Crippen molar-refractivity contribution in [3.05, 3.63) is 33.1 Å². The summed E-state index contributed by atoms with van der Waals surface area (Å²) >= 11 is 0. The largest absolute Gasteiger partial charge is 0.414 e. The lowest BCUT2D eigenvalue weighted by atomic mass is 9.88. The normalized spacial score (nSPS) is 32.5. The zero-order valence-corrected chi connectivity index (χ0v) is 24.1. The van der Waals surface area contributed by atoms with E-state index in [0.29, 0.717) is 0 Å². The van der Waals surface area contributed by atoms with E-state index < -0.39 is 51.9 Å². The van der Waals surface area contributed by atoms with Crippen LogP contribution in [0, 0.1) is 11.3 Å². The number of aromatic amines is 1. The Kier molecular flexibility index (Phi) is 7.49. The van der Waals surface area contributed by atoms with Crippen molar-refractivity contribution in [3.8, 4) is 6.07 Å². The lowest BCUT2D eigenvalue weighted by Gasteiger charge is -2.52. The molecule has 10 nitrogen and oxygen atoms in total. The molecule has 2 fully saturated rings. The van der Waals surface area contributed by atoms with Crippen LogP contribution in [0.25, 0.3) is 0 Å². The number of aromatic nitrogens is 2. The molecule has 2 saturated heterocycles. The van der Waals surface area contributed by atoms with E-state index in [4.69, 9.17) is 17.7 Å². The van der Waals surface area contributed by atoms with E-state index in [1.807, 2.05) is 6.07 Å². The van der Waals surface area contributed by atoms with Crippen LogP contribution in [0.3, 0.4) is 0 Å². The van der Waals surface area contributed by atoms with Crippen LogP contribution >= 0.6 is 0 Å². The van der Waals surface area contributed by atoms with Gasteiger partial charge in [-0.05, 0) is 29.1 Å². The van der Waals surface area contributed by atoms with Gasteiger partial charge >= 0.3 is 22.8 Å². The van der Waals surface area contributed by atoms with Crippen molar-refractivity contribution in [3.63, 3.8) is 0 Å². The van der Waals surface area contributed by atoms with Crippen molar-refractivity contribution in [1.82, 2.24) is 9.55 Å². The number of rotatable bonds is 5. The first-order chi connectivity index (χ1) is 16.1. The number of fused-ring (bicyclic) bond motifs is 1. The molecule has 196 valence electrons. The van der Waals surface area contributed by atoms with Crippen LogP contribution in [0.5, 0.6) is 0 Å². The smallest absolute Gasteiger partial charge is 0.335 e. The Bertz CT molecular complexity index is 1080. The Balaban J connectivity index is 2.25. The summed E-state index contributed by atoms with van der Waals surface area (Å²) in [7, 11) is -5.98. The lowest BCUT2D eigenvalue weighted by Crippen LogP contribution is -2.67. The summed E-state index contributed by atoms with van der Waals surface area (Å²) < 4.78 is 27.8. The minimum Gasteiger partial charge on any atom is -0.414 e. The van der Waals surface area contributed by atoms with Crippen molar-refractivity contribution < 1.29 is 22.8 Å². The number of nitrogens with zero attached hydrogens (tertiary/aromatic N) is 2. The molecule has 0 amide bonds. The number of aliphatic hydroxyl groups is 1. The molecule has 0 radical (unpaired) electrons. The van der Waals surface area contributed by atoms with Gasteiger partial charge < -0.3 is 22.8 Å². The molecule has 12 heteroatoms. The number of ether oxygens (including phenoxy) is 1. The Morgan fingerprint density at radius 1 is 1.09 bits per heavy atom. The van der Waals surface area contributed by atoms with Gasteiger partial charge in [0.2, 0.25) is 0 Å². The van der Waals surface area contributed by atoms with Crippen molar-refractivity contribution >= 4 is 17.1 Å². The molecule has 0 bridgehead atoms. The minimum atomic E-state index is -3.11. The van der Waals surface area contributed by atoms with Gasteiger partial charge in [0.1, 0.15) is 18.3 Å². The Labute approximate surface area is 208 Å². The third-order valence-corrected chi connectivity index (χ3v) is 17.8. The van der Waals surface area contributed by atoms with Gasteiger partial charge in [-0.3, -0.25) is 14.3 Å². The highest BCUT2D eigenvalue weighted by Gasteiger charge is 2.70. The summed E-state index contributed by atoms with van der Waals surface area (Å²) in [5, 5.41) is 22.2. The van der Waals surface area contributed by atoms with Gasteiger partial charge in [0.25, 0.3) is 11.3 Å². The first-order valence-electron chi connectivity index (χ1n) is 12.3. The second kappa shape index (κ2) is 9.37. The standard InChI is InChI=1S/C23H39N3O7Si2/c1-14(2)34(15(3)4)30-12-18-20(32-35(33-34,16(5)6)17(7)8)22(9,29)23(13-24,31-18)26-11-10-19(27)25-21(26)28/h10-11,14-18,20,29H,12H2,1-9H3,(H,25,27,28)/t18-,20-,22-,23-/m1/s1. The maximum atomic E-state index is 12.7. The van der Waals surface area contributed by atoms with Crippen LogP contribution < -0.4 is 11.2 Å². The fourth-order valence-electron chi connectivity index (χ4n) is 5.55. The Morgan fingerprint density at radius 3 is 2.09 bits per heavy atom. The van der Waals surface area contributed by atoms with Gasteiger partial charge in [0.15, 0.2) is 5.60 Å². The Morgan fingerprint density at radius 2 is 1.63 bits per heavy atom. The van der Waals surface area contributed by atoms with Crippen molar-refractivity contribution in [2.24, 2.45) is 0 Å². The van der Waals surface area contributed by atoms with Gasteiger partial charge in [-0.15, -0.1) is 0 Å². The molecule has 0 aliphatic carbocycles. The molecule has 2 aliphatic heterocycles. The quantitative estimate of drug-likeness (QED) is 0.560. The zero-order valence-electron chi connectivity index (χ0n) is 22.1. The van der Waals surface area contributed by atoms with Gasteiger partial charge in [-0.1, -0.05) is 55.4 Å². The van der Waals surface area contributed by atoms with Gasteiger partial charge in [0, 0.05) is 12.3 Å². The van der Waals surface area contributed by atoms with Crippen molar-refractivity contribution in [1.29, 1.82) is 5.26 Å².